The van der Waals surface area contributed by atoms with Gasteiger partial charge in [0, 0.05) is 30.7 Å². The zero-order valence-corrected chi connectivity index (χ0v) is 13.6. The second-order valence-corrected chi connectivity index (χ2v) is 5.86. The van der Waals surface area contributed by atoms with Crippen LogP contribution in [0.3, 0.4) is 0 Å². The highest BCUT2D eigenvalue weighted by Crippen LogP contribution is 2.17. The van der Waals surface area contributed by atoms with Gasteiger partial charge in [-0.25, -0.2) is 14.5 Å². The van der Waals surface area contributed by atoms with Crippen molar-refractivity contribution in [2.75, 3.05) is 7.11 Å². The average molecular weight is 342 g/mol. The number of carbonyl (C=O) groups is 2. The highest BCUT2D eigenvalue weighted by molar-refractivity contribution is 7.15. The normalized spacial score (nSPS) is 10.4. The summed E-state index contributed by atoms with van der Waals surface area (Å²) in [6.07, 6.45) is 5.12. The van der Waals surface area contributed by atoms with Gasteiger partial charge in [-0.05, 0) is 24.3 Å². The van der Waals surface area contributed by atoms with E-state index in [0.717, 1.165) is 16.9 Å². The molecule has 1 N–H and O–H groups in total. The average Bonchev–Trinajstić information content (AvgIpc) is 3.30. The summed E-state index contributed by atoms with van der Waals surface area (Å²) in [5.41, 5.74) is 0.833. The number of nitrogens with zero attached hydrogens (tertiary/aromatic N) is 3. The van der Waals surface area contributed by atoms with Gasteiger partial charge < -0.3 is 10.1 Å². The van der Waals surface area contributed by atoms with Gasteiger partial charge in [0.25, 0.3) is 5.91 Å². The number of pyridine rings is 1. The zero-order chi connectivity index (χ0) is 16.9. The van der Waals surface area contributed by atoms with Crippen LogP contribution in [0.2, 0.25) is 0 Å². The first kappa shape index (κ1) is 15.9. The third-order valence-electron chi connectivity index (χ3n) is 3.24. The second-order valence-electron chi connectivity index (χ2n) is 4.77. The molecule has 0 spiro atoms. The molecule has 0 aromatic carbocycles. The molecule has 7 nitrogen and oxygen atoms in total. The molecular weight excluding hydrogens is 328 g/mol. The minimum atomic E-state index is -0.452. The van der Waals surface area contributed by atoms with Crippen LogP contribution in [0.5, 0.6) is 0 Å². The molecule has 0 aliphatic rings. The van der Waals surface area contributed by atoms with Crippen molar-refractivity contribution in [3.8, 4) is 5.82 Å². The topological polar surface area (TPSA) is 86.1 Å². The van der Waals surface area contributed by atoms with Gasteiger partial charge in [0.1, 0.15) is 4.88 Å². The number of esters is 1. The third-order valence-corrected chi connectivity index (χ3v) is 4.31. The van der Waals surface area contributed by atoms with Gasteiger partial charge in [0.05, 0.1) is 12.0 Å². The lowest BCUT2D eigenvalue weighted by Gasteiger charge is -2.09. The number of methoxy groups -OCH3 is 1. The summed E-state index contributed by atoms with van der Waals surface area (Å²) in [5.74, 6) is -0.0538. The number of hydrogen-bond acceptors (Lipinski definition) is 6. The van der Waals surface area contributed by atoms with Crippen molar-refractivity contribution in [3.63, 3.8) is 0 Å². The Morgan fingerprint density at radius 3 is 2.79 bits per heavy atom. The molecule has 0 fully saturated rings. The Morgan fingerprint density at radius 1 is 1.21 bits per heavy atom. The molecule has 3 rings (SSSR count). The number of carbonyl (C=O) groups excluding carboxylic acids is 2. The monoisotopic (exact) mass is 342 g/mol. The van der Waals surface area contributed by atoms with Crippen LogP contribution in [0.15, 0.2) is 48.9 Å². The van der Waals surface area contributed by atoms with Crippen molar-refractivity contribution in [3.05, 3.63) is 64.2 Å². The van der Waals surface area contributed by atoms with Crippen LogP contribution in [0.4, 0.5) is 0 Å². The van der Waals surface area contributed by atoms with Crippen molar-refractivity contribution >= 4 is 23.2 Å². The van der Waals surface area contributed by atoms with Gasteiger partial charge in [0.2, 0.25) is 0 Å². The third kappa shape index (κ3) is 3.33. The van der Waals surface area contributed by atoms with Crippen LogP contribution in [-0.2, 0) is 11.3 Å². The van der Waals surface area contributed by atoms with E-state index in [1.54, 1.807) is 47.5 Å². The summed E-state index contributed by atoms with van der Waals surface area (Å²) in [4.78, 5) is 28.8. The van der Waals surface area contributed by atoms with Gasteiger partial charge in [0.15, 0.2) is 5.82 Å². The second kappa shape index (κ2) is 7.05. The predicted molar refractivity (Wildman–Crippen MR) is 88.2 cm³/mol. The first-order chi connectivity index (χ1) is 11.7. The Labute approximate surface area is 141 Å². The summed E-state index contributed by atoms with van der Waals surface area (Å²) in [6, 6.07) is 8.65. The lowest BCUT2D eigenvalue weighted by molar-refractivity contribution is 0.0606. The first-order valence-corrected chi connectivity index (χ1v) is 7.91. The fourth-order valence-electron chi connectivity index (χ4n) is 2.10. The SMILES string of the molecule is COC(=O)c1ccc(C(=O)NCc2cccnc2-n2cccn2)s1. The fourth-order valence-corrected chi connectivity index (χ4v) is 2.94. The van der Waals surface area contributed by atoms with Crippen LogP contribution in [0.1, 0.15) is 24.9 Å². The van der Waals surface area contributed by atoms with Crippen molar-refractivity contribution in [1.82, 2.24) is 20.1 Å². The van der Waals surface area contributed by atoms with E-state index in [0.29, 0.717) is 22.1 Å². The molecule has 8 heteroatoms. The van der Waals surface area contributed by atoms with Gasteiger partial charge in [-0.3, -0.25) is 4.79 Å². The molecule has 0 unspecified atom stereocenters. The lowest BCUT2D eigenvalue weighted by atomic mass is 10.2. The van der Waals surface area contributed by atoms with Crippen LogP contribution in [0, 0.1) is 0 Å². The number of rotatable bonds is 5. The van der Waals surface area contributed by atoms with Crippen molar-refractivity contribution in [1.29, 1.82) is 0 Å². The maximum absolute atomic E-state index is 12.2. The standard InChI is InChI=1S/C16H14N4O3S/c1-23-16(22)13-6-5-12(24-13)15(21)18-10-11-4-2-7-17-14(11)20-9-3-8-19-20/h2-9H,10H2,1H3,(H,18,21). The van der Waals surface area contributed by atoms with Crippen LogP contribution in [0.25, 0.3) is 5.82 Å². The van der Waals surface area contributed by atoms with Crippen molar-refractivity contribution in [2.24, 2.45) is 0 Å². The van der Waals surface area contributed by atoms with Gasteiger partial charge in [-0.1, -0.05) is 6.07 Å². The number of ether oxygens (including phenoxy) is 1. The van der Waals surface area contributed by atoms with E-state index >= 15 is 0 Å². The van der Waals surface area contributed by atoms with E-state index in [1.807, 2.05) is 6.07 Å². The Balaban J connectivity index is 1.71. The molecule has 3 heterocycles. The van der Waals surface area contributed by atoms with E-state index < -0.39 is 5.97 Å². The summed E-state index contributed by atoms with van der Waals surface area (Å²) in [7, 11) is 1.31. The first-order valence-electron chi connectivity index (χ1n) is 7.09. The van der Waals surface area contributed by atoms with Gasteiger partial charge in [-0.15, -0.1) is 11.3 Å². The van der Waals surface area contributed by atoms with Gasteiger partial charge in [-0.2, -0.15) is 5.10 Å². The van der Waals surface area contributed by atoms with E-state index in [2.05, 4.69) is 20.1 Å². The summed E-state index contributed by atoms with van der Waals surface area (Å²) >= 11 is 1.09. The number of amides is 1. The molecule has 0 aliphatic heterocycles. The summed E-state index contributed by atoms with van der Waals surface area (Å²) in [5, 5.41) is 6.98. The molecule has 0 aliphatic carbocycles. The van der Waals surface area contributed by atoms with Crippen LogP contribution >= 0.6 is 11.3 Å². The molecule has 24 heavy (non-hydrogen) atoms. The van der Waals surface area contributed by atoms with Crippen LogP contribution in [-0.4, -0.2) is 33.8 Å². The van der Waals surface area contributed by atoms with Gasteiger partial charge >= 0.3 is 5.97 Å². The minimum Gasteiger partial charge on any atom is -0.465 e. The van der Waals surface area contributed by atoms with Crippen molar-refractivity contribution < 1.29 is 14.3 Å². The van der Waals surface area contributed by atoms with Crippen molar-refractivity contribution in [2.45, 2.75) is 6.54 Å². The highest BCUT2D eigenvalue weighted by atomic mass is 32.1. The Bertz CT molecular complexity index is 858. The molecule has 0 saturated carbocycles. The Morgan fingerprint density at radius 2 is 2.04 bits per heavy atom. The minimum absolute atomic E-state index is 0.259. The van der Waals surface area contributed by atoms with E-state index in [4.69, 9.17) is 0 Å². The van der Waals surface area contributed by atoms with E-state index in [9.17, 15) is 9.59 Å². The number of hydrogen-bond donors (Lipinski definition) is 1. The predicted octanol–water partition coefficient (Wildman–Crippen LogP) is 2.05. The van der Waals surface area contributed by atoms with E-state index in [1.165, 1.54) is 7.11 Å². The Kier molecular flexibility index (Phi) is 4.66. The molecule has 0 bridgehead atoms. The maximum atomic E-state index is 12.2. The van der Waals surface area contributed by atoms with Crippen LogP contribution < -0.4 is 5.32 Å². The molecule has 0 radical (unpaired) electrons. The smallest absolute Gasteiger partial charge is 0.348 e. The lowest BCUT2D eigenvalue weighted by Crippen LogP contribution is -2.23. The zero-order valence-electron chi connectivity index (χ0n) is 12.8. The molecule has 3 aromatic heterocycles. The summed E-state index contributed by atoms with van der Waals surface area (Å²) < 4.78 is 6.28. The fraction of sp³-hybridized carbons (Fsp3) is 0.125. The Hall–Kier alpha value is -3.00. The number of aromatic nitrogens is 3. The van der Waals surface area contributed by atoms with E-state index in [-0.39, 0.29) is 5.91 Å². The summed E-state index contributed by atoms with van der Waals surface area (Å²) in [6.45, 7) is 0.299. The maximum Gasteiger partial charge on any atom is 0.348 e. The highest BCUT2D eigenvalue weighted by Gasteiger charge is 2.14. The number of thiophene rings is 1. The molecule has 3 aromatic rings. The largest absolute Gasteiger partial charge is 0.465 e. The number of nitrogens with one attached hydrogen (secondary N) is 1. The molecule has 0 atom stereocenters. The molecule has 122 valence electrons. The quantitative estimate of drug-likeness (QED) is 0.717. The molecule has 1 amide bonds. The molecular formula is C16H14N4O3S. The molecule has 0 saturated heterocycles.